The Bertz CT molecular complexity index is 456. The first-order chi connectivity index (χ1) is 8.33. The smallest absolute Gasteiger partial charge is 0.137 e. The fourth-order valence-corrected chi connectivity index (χ4v) is 2.51. The first kappa shape index (κ1) is 12.1. The number of ether oxygens (including phenoxy) is 1. The summed E-state index contributed by atoms with van der Waals surface area (Å²) in [6, 6.07) is 6.54. The zero-order valence-corrected chi connectivity index (χ0v) is 10.8. The van der Waals surface area contributed by atoms with Crippen molar-refractivity contribution in [1.82, 2.24) is 10.3 Å². The third-order valence-electron chi connectivity index (χ3n) is 2.71. The van der Waals surface area contributed by atoms with E-state index in [1.165, 1.54) is 4.88 Å². The third kappa shape index (κ3) is 3.05. The van der Waals surface area contributed by atoms with Crippen molar-refractivity contribution in [3.63, 3.8) is 0 Å². The maximum atomic E-state index is 5.20. The third-order valence-corrected chi connectivity index (χ3v) is 3.60. The molecule has 1 N–H and O–H groups in total. The molecule has 0 aliphatic carbocycles. The summed E-state index contributed by atoms with van der Waals surface area (Å²) < 4.78 is 5.20. The van der Waals surface area contributed by atoms with Gasteiger partial charge >= 0.3 is 0 Å². The fourth-order valence-electron chi connectivity index (χ4n) is 1.75. The van der Waals surface area contributed by atoms with Gasteiger partial charge in [-0.1, -0.05) is 6.07 Å². The Morgan fingerprint density at radius 3 is 3.00 bits per heavy atom. The summed E-state index contributed by atoms with van der Waals surface area (Å²) in [5.41, 5.74) is 1.15. The number of aromatic nitrogens is 1. The molecule has 0 aliphatic heterocycles. The SMILES string of the molecule is CNC(Cc1cccs1)c1cncc(OC)c1. The Kier molecular flexibility index (Phi) is 4.12. The zero-order chi connectivity index (χ0) is 12.1. The highest BCUT2D eigenvalue weighted by molar-refractivity contribution is 7.09. The minimum Gasteiger partial charge on any atom is -0.495 e. The van der Waals surface area contributed by atoms with E-state index in [9.17, 15) is 0 Å². The summed E-state index contributed by atoms with van der Waals surface area (Å²) in [6.45, 7) is 0. The van der Waals surface area contributed by atoms with Crippen LogP contribution in [0.3, 0.4) is 0 Å². The van der Waals surface area contributed by atoms with Crippen LogP contribution in [0.4, 0.5) is 0 Å². The molecule has 1 atom stereocenters. The number of methoxy groups -OCH3 is 1. The van der Waals surface area contributed by atoms with Crippen LogP contribution >= 0.6 is 11.3 Å². The van der Waals surface area contributed by atoms with Crippen molar-refractivity contribution in [3.8, 4) is 5.75 Å². The quantitative estimate of drug-likeness (QED) is 0.883. The van der Waals surface area contributed by atoms with Gasteiger partial charge in [-0.3, -0.25) is 4.98 Å². The van der Waals surface area contributed by atoms with Crippen LogP contribution in [0.1, 0.15) is 16.5 Å². The highest BCUT2D eigenvalue weighted by Gasteiger charge is 2.11. The molecular weight excluding hydrogens is 232 g/mol. The number of pyridine rings is 1. The first-order valence-corrected chi connectivity index (χ1v) is 6.40. The minimum atomic E-state index is 0.274. The number of nitrogens with zero attached hydrogens (tertiary/aromatic N) is 1. The molecule has 4 heteroatoms. The maximum absolute atomic E-state index is 5.20. The van der Waals surface area contributed by atoms with Gasteiger partial charge in [-0.05, 0) is 30.1 Å². The fraction of sp³-hybridized carbons (Fsp3) is 0.308. The summed E-state index contributed by atoms with van der Waals surface area (Å²) in [5, 5.41) is 5.42. The Balaban J connectivity index is 2.16. The van der Waals surface area contributed by atoms with Gasteiger partial charge in [0.1, 0.15) is 5.75 Å². The van der Waals surface area contributed by atoms with Crippen molar-refractivity contribution in [1.29, 1.82) is 0 Å². The van der Waals surface area contributed by atoms with Gasteiger partial charge in [-0.25, -0.2) is 0 Å². The van der Waals surface area contributed by atoms with E-state index in [2.05, 4.69) is 27.8 Å². The van der Waals surface area contributed by atoms with Crippen LogP contribution in [0, 0.1) is 0 Å². The Morgan fingerprint density at radius 1 is 1.47 bits per heavy atom. The second-order valence-corrected chi connectivity index (χ2v) is 4.82. The van der Waals surface area contributed by atoms with Gasteiger partial charge < -0.3 is 10.1 Å². The second-order valence-electron chi connectivity index (χ2n) is 3.78. The number of nitrogens with one attached hydrogen (secondary N) is 1. The Morgan fingerprint density at radius 2 is 2.35 bits per heavy atom. The van der Waals surface area contributed by atoms with Gasteiger partial charge in [0.15, 0.2) is 0 Å². The van der Waals surface area contributed by atoms with E-state index in [1.54, 1.807) is 24.6 Å². The lowest BCUT2D eigenvalue weighted by atomic mass is 10.1. The van der Waals surface area contributed by atoms with Crippen LogP contribution in [0.5, 0.6) is 5.75 Å². The van der Waals surface area contributed by atoms with Crippen LogP contribution < -0.4 is 10.1 Å². The highest BCUT2D eigenvalue weighted by atomic mass is 32.1. The molecule has 0 bridgehead atoms. The van der Waals surface area contributed by atoms with E-state index in [-0.39, 0.29) is 6.04 Å². The molecule has 90 valence electrons. The molecule has 17 heavy (non-hydrogen) atoms. The van der Waals surface area contributed by atoms with Gasteiger partial charge in [-0.15, -0.1) is 11.3 Å². The lowest BCUT2D eigenvalue weighted by Crippen LogP contribution is -2.18. The number of thiophene rings is 1. The molecule has 2 aromatic heterocycles. The molecule has 2 heterocycles. The zero-order valence-electron chi connectivity index (χ0n) is 10.0. The summed E-state index contributed by atoms with van der Waals surface area (Å²) in [7, 11) is 3.63. The summed E-state index contributed by atoms with van der Waals surface area (Å²) in [4.78, 5) is 5.56. The average Bonchev–Trinajstić information content (AvgIpc) is 2.89. The molecular formula is C13H16N2OS. The summed E-state index contributed by atoms with van der Waals surface area (Å²) >= 11 is 1.78. The molecule has 1 unspecified atom stereocenters. The molecule has 0 aliphatic rings. The van der Waals surface area contributed by atoms with E-state index in [0.717, 1.165) is 17.7 Å². The van der Waals surface area contributed by atoms with Crippen LogP contribution in [-0.2, 0) is 6.42 Å². The monoisotopic (exact) mass is 248 g/mol. The van der Waals surface area contributed by atoms with Crippen molar-refractivity contribution in [2.45, 2.75) is 12.5 Å². The number of rotatable bonds is 5. The lowest BCUT2D eigenvalue weighted by molar-refractivity contribution is 0.411. The molecule has 0 radical (unpaired) electrons. The van der Waals surface area contributed by atoms with Crippen molar-refractivity contribution in [2.75, 3.05) is 14.2 Å². The van der Waals surface area contributed by atoms with Gasteiger partial charge in [0.05, 0.1) is 13.3 Å². The van der Waals surface area contributed by atoms with Crippen LogP contribution in [0.25, 0.3) is 0 Å². The average molecular weight is 248 g/mol. The van der Waals surface area contributed by atoms with Crippen LogP contribution in [0.2, 0.25) is 0 Å². The molecule has 0 spiro atoms. The standard InChI is InChI=1S/C13H16N2OS/c1-14-13(7-12-4-3-5-17-12)10-6-11(16-2)9-15-8-10/h3-6,8-9,13-14H,7H2,1-2H3. The van der Waals surface area contributed by atoms with E-state index in [0.29, 0.717) is 0 Å². The largest absolute Gasteiger partial charge is 0.495 e. The molecule has 0 saturated carbocycles. The van der Waals surface area contributed by atoms with Gasteiger partial charge in [0, 0.05) is 23.5 Å². The maximum Gasteiger partial charge on any atom is 0.137 e. The van der Waals surface area contributed by atoms with Crippen LogP contribution in [0.15, 0.2) is 36.0 Å². The van der Waals surface area contributed by atoms with Crippen molar-refractivity contribution < 1.29 is 4.74 Å². The molecule has 0 amide bonds. The van der Waals surface area contributed by atoms with Gasteiger partial charge in [0.25, 0.3) is 0 Å². The first-order valence-electron chi connectivity index (χ1n) is 5.52. The van der Waals surface area contributed by atoms with E-state index in [4.69, 9.17) is 4.74 Å². The highest BCUT2D eigenvalue weighted by Crippen LogP contribution is 2.22. The van der Waals surface area contributed by atoms with Crippen molar-refractivity contribution >= 4 is 11.3 Å². The molecule has 3 nitrogen and oxygen atoms in total. The predicted octanol–water partition coefficient (Wildman–Crippen LogP) is 2.65. The molecule has 0 aromatic carbocycles. The molecule has 2 aromatic rings. The minimum absolute atomic E-state index is 0.274. The number of hydrogen-bond donors (Lipinski definition) is 1. The number of hydrogen-bond acceptors (Lipinski definition) is 4. The Hall–Kier alpha value is -1.39. The second kappa shape index (κ2) is 5.80. The van der Waals surface area contributed by atoms with Gasteiger partial charge in [0.2, 0.25) is 0 Å². The van der Waals surface area contributed by atoms with Crippen molar-refractivity contribution in [2.24, 2.45) is 0 Å². The molecule has 2 rings (SSSR count). The Labute approximate surface area is 105 Å². The number of likely N-dealkylation sites (N-methyl/N-ethyl adjacent to an activating group) is 1. The van der Waals surface area contributed by atoms with Gasteiger partial charge in [-0.2, -0.15) is 0 Å². The lowest BCUT2D eigenvalue weighted by Gasteiger charge is -2.16. The van der Waals surface area contributed by atoms with Crippen molar-refractivity contribution in [3.05, 3.63) is 46.4 Å². The van der Waals surface area contributed by atoms with E-state index in [1.807, 2.05) is 19.3 Å². The summed E-state index contributed by atoms with van der Waals surface area (Å²) in [5.74, 6) is 0.800. The van der Waals surface area contributed by atoms with E-state index >= 15 is 0 Å². The predicted molar refractivity (Wildman–Crippen MR) is 70.6 cm³/mol. The topological polar surface area (TPSA) is 34.2 Å². The molecule has 0 fully saturated rings. The van der Waals surface area contributed by atoms with E-state index < -0.39 is 0 Å². The molecule has 0 saturated heterocycles. The summed E-state index contributed by atoms with van der Waals surface area (Å²) in [6.07, 6.45) is 4.58. The van der Waals surface area contributed by atoms with Crippen LogP contribution in [-0.4, -0.2) is 19.1 Å². The normalized spacial score (nSPS) is 12.4.